The van der Waals surface area contributed by atoms with Gasteiger partial charge >= 0.3 is 0 Å². The fourth-order valence-electron chi connectivity index (χ4n) is 2.46. The lowest BCUT2D eigenvalue weighted by Crippen LogP contribution is -2.46. The van der Waals surface area contributed by atoms with Gasteiger partial charge in [0.15, 0.2) is 0 Å². The molecule has 0 radical (unpaired) electrons. The molecule has 1 aromatic carbocycles. The van der Waals surface area contributed by atoms with Crippen LogP contribution in [-0.4, -0.2) is 23.7 Å². The van der Waals surface area contributed by atoms with E-state index >= 15 is 0 Å². The number of benzene rings is 1. The number of aliphatic hydroxyl groups is 1. The Kier molecular flexibility index (Phi) is 3.92. The van der Waals surface area contributed by atoms with Crippen LogP contribution in [0, 0.1) is 5.41 Å². The van der Waals surface area contributed by atoms with Gasteiger partial charge in [-0.15, -0.1) is 0 Å². The number of hydrogen-bond donors (Lipinski definition) is 3. The largest absolute Gasteiger partial charge is 0.390 e. The number of aliphatic hydroxyl groups excluding tert-OH is 1. The van der Waals surface area contributed by atoms with Crippen LogP contribution in [0.1, 0.15) is 37.4 Å². The number of rotatable bonds is 4. The van der Waals surface area contributed by atoms with E-state index in [1.807, 2.05) is 38.1 Å². The summed E-state index contributed by atoms with van der Waals surface area (Å²) in [5.41, 5.74) is 7.24. The molecule has 0 aromatic heterocycles. The highest BCUT2D eigenvalue weighted by molar-refractivity contribution is 5.83. The average Bonchev–Trinajstić information content (AvgIpc) is 2.74. The maximum absolute atomic E-state index is 12.3. The number of amides is 1. The van der Waals surface area contributed by atoms with Gasteiger partial charge in [0.1, 0.15) is 0 Å². The van der Waals surface area contributed by atoms with Crippen molar-refractivity contribution in [2.75, 3.05) is 6.54 Å². The molecule has 1 aliphatic rings. The van der Waals surface area contributed by atoms with Gasteiger partial charge in [-0.2, -0.15) is 0 Å². The zero-order valence-corrected chi connectivity index (χ0v) is 11.5. The number of nitrogens with one attached hydrogen (secondary N) is 1. The van der Waals surface area contributed by atoms with Crippen LogP contribution >= 0.6 is 0 Å². The second kappa shape index (κ2) is 5.31. The van der Waals surface area contributed by atoms with Gasteiger partial charge in [0.2, 0.25) is 5.91 Å². The maximum atomic E-state index is 12.3. The van der Waals surface area contributed by atoms with E-state index < -0.39 is 11.5 Å². The fourth-order valence-corrected chi connectivity index (χ4v) is 2.46. The van der Waals surface area contributed by atoms with E-state index in [2.05, 4.69) is 5.32 Å². The molecule has 0 bridgehead atoms. The van der Waals surface area contributed by atoms with Crippen LogP contribution in [0.4, 0.5) is 0 Å². The van der Waals surface area contributed by atoms with Gasteiger partial charge in [0.25, 0.3) is 0 Å². The summed E-state index contributed by atoms with van der Waals surface area (Å²) in [5, 5.41) is 13.1. The molecular weight excluding hydrogens is 240 g/mol. The number of carbonyl (C=O) groups excluding carboxylic acids is 1. The second-order valence-electron chi connectivity index (χ2n) is 5.54. The summed E-state index contributed by atoms with van der Waals surface area (Å²) in [6.07, 6.45) is 0.715. The summed E-state index contributed by atoms with van der Waals surface area (Å²) in [6.45, 7) is 4.11. The van der Waals surface area contributed by atoms with Gasteiger partial charge in [0, 0.05) is 13.0 Å². The van der Waals surface area contributed by atoms with Crippen LogP contribution in [0.2, 0.25) is 0 Å². The van der Waals surface area contributed by atoms with Crippen LogP contribution in [0.25, 0.3) is 0 Å². The monoisotopic (exact) mass is 262 g/mol. The third-order valence-corrected chi connectivity index (χ3v) is 4.27. The lowest BCUT2D eigenvalue weighted by molar-refractivity contribution is -0.131. The molecule has 0 saturated carbocycles. The molecule has 0 heterocycles. The summed E-state index contributed by atoms with van der Waals surface area (Å²) < 4.78 is 0. The smallest absolute Gasteiger partial charge is 0.227 e. The summed E-state index contributed by atoms with van der Waals surface area (Å²) in [5.74, 6) is -0.0850. The normalized spacial score (nSPS) is 24.6. The molecule has 2 rings (SSSR count). The molecule has 1 aliphatic carbocycles. The molecule has 4 heteroatoms. The lowest BCUT2D eigenvalue weighted by atomic mass is 9.86. The first-order valence-corrected chi connectivity index (χ1v) is 6.78. The molecule has 0 aliphatic heterocycles. The Balaban J connectivity index is 2.18. The minimum absolute atomic E-state index is 0.0850. The van der Waals surface area contributed by atoms with E-state index in [1.54, 1.807) is 0 Å². The fraction of sp³-hybridized carbons (Fsp3) is 0.533. The van der Waals surface area contributed by atoms with Crippen LogP contribution in [0.5, 0.6) is 0 Å². The maximum Gasteiger partial charge on any atom is 0.227 e. The van der Waals surface area contributed by atoms with Gasteiger partial charge in [-0.05, 0) is 24.5 Å². The summed E-state index contributed by atoms with van der Waals surface area (Å²) in [6, 6.07) is 7.51. The number of nitrogens with two attached hydrogens (primary N) is 1. The van der Waals surface area contributed by atoms with Crippen LogP contribution in [-0.2, 0) is 11.2 Å². The molecule has 1 aromatic rings. The standard InChI is InChI=1S/C15H22N2O2/c1-3-15(2,9-16)14(19)17-13-11-7-5-4-6-10(11)8-12(13)18/h4-7,12-13,18H,3,8-9,16H2,1-2H3,(H,17,19)/t12-,13+,15?/m0/s1. The van der Waals surface area contributed by atoms with E-state index in [9.17, 15) is 9.90 Å². The Morgan fingerprint density at radius 2 is 2.21 bits per heavy atom. The zero-order chi connectivity index (χ0) is 14.0. The molecule has 104 valence electrons. The van der Waals surface area contributed by atoms with E-state index in [0.29, 0.717) is 19.4 Å². The number of fused-ring (bicyclic) bond motifs is 1. The first-order valence-electron chi connectivity index (χ1n) is 6.78. The Bertz CT molecular complexity index is 469. The SMILES string of the molecule is CCC(C)(CN)C(=O)N[C@@H]1c2ccccc2C[C@@H]1O. The van der Waals surface area contributed by atoms with Crippen molar-refractivity contribution in [3.05, 3.63) is 35.4 Å². The predicted octanol–water partition coefficient (Wildman–Crippen LogP) is 1.14. The Hall–Kier alpha value is -1.39. The Labute approximate surface area is 114 Å². The third-order valence-electron chi connectivity index (χ3n) is 4.27. The van der Waals surface area contributed by atoms with E-state index in [-0.39, 0.29) is 11.9 Å². The molecule has 3 atom stereocenters. The molecule has 0 fully saturated rings. The number of hydrogen-bond acceptors (Lipinski definition) is 3. The molecule has 0 spiro atoms. The van der Waals surface area contributed by atoms with E-state index in [1.165, 1.54) is 0 Å². The zero-order valence-electron chi connectivity index (χ0n) is 11.5. The van der Waals surface area contributed by atoms with Gasteiger partial charge in [0.05, 0.1) is 17.6 Å². The van der Waals surface area contributed by atoms with Gasteiger partial charge in [-0.1, -0.05) is 31.2 Å². The van der Waals surface area contributed by atoms with Gasteiger partial charge in [-0.3, -0.25) is 4.79 Å². The summed E-state index contributed by atoms with van der Waals surface area (Å²) in [4.78, 5) is 12.3. The Morgan fingerprint density at radius 3 is 2.84 bits per heavy atom. The van der Waals surface area contributed by atoms with Crippen molar-refractivity contribution in [3.63, 3.8) is 0 Å². The van der Waals surface area contributed by atoms with Crippen molar-refractivity contribution in [1.82, 2.24) is 5.32 Å². The highest BCUT2D eigenvalue weighted by atomic mass is 16.3. The molecule has 1 amide bonds. The lowest BCUT2D eigenvalue weighted by Gasteiger charge is -2.28. The van der Waals surface area contributed by atoms with Crippen LogP contribution < -0.4 is 11.1 Å². The van der Waals surface area contributed by atoms with Gasteiger partial charge < -0.3 is 16.2 Å². The summed E-state index contributed by atoms with van der Waals surface area (Å²) >= 11 is 0. The Morgan fingerprint density at radius 1 is 1.53 bits per heavy atom. The molecule has 4 nitrogen and oxygen atoms in total. The number of carbonyl (C=O) groups is 1. The highest BCUT2D eigenvalue weighted by Crippen LogP contribution is 2.32. The van der Waals surface area contributed by atoms with Crippen LogP contribution in [0.15, 0.2) is 24.3 Å². The first kappa shape index (κ1) is 14.0. The quantitative estimate of drug-likeness (QED) is 0.761. The van der Waals surface area contributed by atoms with Crippen LogP contribution in [0.3, 0.4) is 0 Å². The molecule has 19 heavy (non-hydrogen) atoms. The molecule has 4 N–H and O–H groups in total. The topological polar surface area (TPSA) is 75.4 Å². The predicted molar refractivity (Wildman–Crippen MR) is 74.5 cm³/mol. The summed E-state index contributed by atoms with van der Waals surface area (Å²) in [7, 11) is 0. The minimum Gasteiger partial charge on any atom is -0.390 e. The first-order chi connectivity index (χ1) is 9.01. The van der Waals surface area contributed by atoms with Crippen molar-refractivity contribution in [2.45, 2.75) is 38.8 Å². The highest BCUT2D eigenvalue weighted by Gasteiger charge is 2.36. The van der Waals surface area contributed by atoms with Crippen molar-refractivity contribution in [3.8, 4) is 0 Å². The van der Waals surface area contributed by atoms with Crippen molar-refractivity contribution >= 4 is 5.91 Å². The molecule has 1 unspecified atom stereocenters. The van der Waals surface area contributed by atoms with Gasteiger partial charge in [-0.25, -0.2) is 0 Å². The third kappa shape index (κ3) is 2.51. The average molecular weight is 262 g/mol. The van der Waals surface area contributed by atoms with E-state index in [4.69, 9.17) is 5.73 Å². The second-order valence-corrected chi connectivity index (χ2v) is 5.54. The van der Waals surface area contributed by atoms with Crippen molar-refractivity contribution in [1.29, 1.82) is 0 Å². The molecular formula is C15H22N2O2. The van der Waals surface area contributed by atoms with Crippen molar-refractivity contribution in [2.24, 2.45) is 11.1 Å². The molecule has 0 saturated heterocycles. The van der Waals surface area contributed by atoms with E-state index in [0.717, 1.165) is 11.1 Å². The minimum atomic E-state index is -0.572. The van der Waals surface area contributed by atoms with Crippen molar-refractivity contribution < 1.29 is 9.90 Å².